The van der Waals surface area contributed by atoms with Crippen LogP contribution in [0.2, 0.25) is 0 Å². The van der Waals surface area contributed by atoms with Crippen LogP contribution in [0.25, 0.3) is 11.4 Å². The molecule has 1 aromatic heterocycles. The maximum Gasteiger partial charge on any atom is 0.242 e. The first-order chi connectivity index (χ1) is 12.4. The van der Waals surface area contributed by atoms with Gasteiger partial charge in [-0.25, -0.2) is 9.97 Å². The predicted octanol–water partition coefficient (Wildman–Crippen LogP) is 2.81. The fourth-order valence-corrected chi connectivity index (χ4v) is 3.17. The van der Waals surface area contributed by atoms with E-state index in [4.69, 9.17) is 4.74 Å². The van der Waals surface area contributed by atoms with Gasteiger partial charge in [-0.1, -0.05) is 30.3 Å². The summed E-state index contributed by atoms with van der Waals surface area (Å²) in [5.41, 5.74) is 2.82. The van der Waals surface area contributed by atoms with E-state index in [1.54, 1.807) is 0 Å². The van der Waals surface area contributed by atoms with Crippen molar-refractivity contribution in [2.75, 3.05) is 25.0 Å². The minimum atomic E-state index is 0.0592. The summed E-state index contributed by atoms with van der Waals surface area (Å²) in [4.78, 5) is 23.6. The van der Waals surface area contributed by atoms with E-state index >= 15 is 0 Å². The molecular weight excluding hydrogens is 328 g/mol. The highest BCUT2D eigenvalue weighted by molar-refractivity contribution is 5.81. The minimum Gasteiger partial charge on any atom is -0.372 e. The SMILES string of the molecule is Cc1nc(-c2ccccc2)nc(NCC(=O)N2CC(C)OC(C)C2)c1C. The van der Waals surface area contributed by atoms with Gasteiger partial charge < -0.3 is 15.0 Å². The molecule has 2 unspecified atom stereocenters. The molecule has 6 nitrogen and oxygen atoms in total. The van der Waals surface area contributed by atoms with Crippen LogP contribution in [0.15, 0.2) is 30.3 Å². The van der Waals surface area contributed by atoms with Crippen molar-refractivity contribution in [3.8, 4) is 11.4 Å². The van der Waals surface area contributed by atoms with Crippen LogP contribution in [0, 0.1) is 13.8 Å². The number of nitrogens with zero attached hydrogens (tertiary/aromatic N) is 3. The summed E-state index contributed by atoms with van der Waals surface area (Å²) in [6.45, 7) is 9.38. The van der Waals surface area contributed by atoms with Gasteiger partial charge in [0.1, 0.15) is 5.82 Å². The summed E-state index contributed by atoms with van der Waals surface area (Å²) in [5.74, 6) is 1.43. The fourth-order valence-electron chi connectivity index (χ4n) is 3.17. The summed E-state index contributed by atoms with van der Waals surface area (Å²) in [7, 11) is 0. The molecule has 1 aliphatic heterocycles. The van der Waals surface area contributed by atoms with E-state index < -0.39 is 0 Å². The normalized spacial score (nSPS) is 20.1. The molecule has 1 aromatic carbocycles. The highest BCUT2D eigenvalue weighted by Crippen LogP contribution is 2.21. The lowest BCUT2D eigenvalue weighted by molar-refractivity contribution is -0.141. The molecule has 1 N–H and O–H groups in total. The van der Waals surface area contributed by atoms with Gasteiger partial charge in [0.2, 0.25) is 5.91 Å². The van der Waals surface area contributed by atoms with E-state index in [-0.39, 0.29) is 24.7 Å². The molecule has 6 heteroatoms. The van der Waals surface area contributed by atoms with E-state index in [1.165, 1.54) is 0 Å². The van der Waals surface area contributed by atoms with Gasteiger partial charge >= 0.3 is 0 Å². The first-order valence-electron chi connectivity index (χ1n) is 9.02. The highest BCUT2D eigenvalue weighted by atomic mass is 16.5. The van der Waals surface area contributed by atoms with Crippen molar-refractivity contribution < 1.29 is 9.53 Å². The number of carbonyl (C=O) groups is 1. The Kier molecular flexibility index (Phi) is 5.52. The molecular formula is C20H26N4O2. The monoisotopic (exact) mass is 354 g/mol. The number of ether oxygens (including phenoxy) is 1. The molecule has 1 aliphatic rings. The number of carbonyl (C=O) groups excluding carboxylic acids is 1. The maximum atomic E-state index is 12.6. The number of amides is 1. The molecule has 26 heavy (non-hydrogen) atoms. The summed E-state index contributed by atoms with van der Waals surface area (Å²) >= 11 is 0. The van der Waals surface area contributed by atoms with Crippen molar-refractivity contribution in [2.24, 2.45) is 0 Å². The van der Waals surface area contributed by atoms with E-state index in [1.807, 2.05) is 62.9 Å². The lowest BCUT2D eigenvalue weighted by Gasteiger charge is -2.35. The third kappa shape index (κ3) is 4.19. The average molecular weight is 354 g/mol. The average Bonchev–Trinajstić information content (AvgIpc) is 2.62. The second kappa shape index (κ2) is 7.83. The quantitative estimate of drug-likeness (QED) is 0.914. The number of anilines is 1. The number of nitrogens with one attached hydrogen (secondary N) is 1. The van der Waals surface area contributed by atoms with Crippen LogP contribution in [-0.2, 0) is 9.53 Å². The number of rotatable bonds is 4. The molecule has 0 spiro atoms. The molecule has 1 saturated heterocycles. The Labute approximate surface area is 154 Å². The maximum absolute atomic E-state index is 12.6. The number of aryl methyl sites for hydroxylation is 1. The Balaban J connectivity index is 1.73. The highest BCUT2D eigenvalue weighted by Gasteiger charge is 2.25. The lowest BCUT2D eigenvalue weighted by atomic mass is 10.2. The van der Waals surface area contributed by atoms with Crippen molar-refractivity contribution in [3.05, 3.63) is 41.6 Å². The van der Waals surface area contributed by atoms with Crippen LogP contribution in [0.3, 0.4) is 0 Å². The van der Waals surface area contributed by atoms with Gasteiger partial charge in [-0.2, -0.15) is 0 Å². The molecule has 0 bridgehead atoms. The second-order valence-corrected chi connectivity index (χ2v) is 6.88. The van der Waals surface area contributed by atoms with Gasteiger partial charge in [0.25, 0.3) is 0 Å². The van der Waals surface area contributed by atoms with E-state index in [2.05, 4.69) is 15.3 Å². The number of hydrogen-bond acceptors (Lipinski definition) is 5. The van der Waals surface area contributed by atoms with Gasteiger partial charge in [0, 0.05) is 29.9 Å². The Morgan fingerprint density at radius 1 is 1.15 bits per heavy atom. The van der Waals surface area contributed by atoms with Gasteiger partial charge in [-0.15, -0.1) is 0 Å². The zero-order valence-electron chi connectivity index (χ0n) is 15.8. The zero-order valence-corrected chi connectivity index (χ0v) is 15.8. The molecule has 0 radical (unpaired) electrons. The molecule has 2 atom stereocenters. The van der Waals surface area contributed by atoms with Crippen molar-refractivity contribution >= 4 is 11.7 Å². The fraction of sp³-hybridized carbons (Fsp3) is 0.450. The van der Waals surface area contributed by atoms with Crippen molar-refractivity contribution in [1.82, 2.24) is 14.9 Å². The van der Waals surface area contributed by atoms with Crippen LogP contribution in [0.4, 0.5) is 5.82 Å². The van der Waals surface area contributed by atoms with Crippen LogP contribution < -0.4 is 5.32 Å². The molecule has 1 fully saturated rings. The number of aromatic nitrogens is 2. The van der Waals surface area contributed by atoms with Gasteiger partial charge in [0.15, 0.2) is 5.82 Å². The summed E-state index contributed by atoms with van der Waals surface area (Å²) in [5, 5.41) is 3.21. The van der Waals surface area contributed by atoms with E-state index in [0.717, 1.165) is 16.8 Å². The molecule has 2 heterocycles. The number of benzene rings is 1. The van der Waals surface area contributed by atoms with Crippen LogP contribution in [0.1, 0.15) is 25.1 Å². The summed E-state index contributed by atoms with van der Waals surface area (Å²) in [6, 6.07) is 9.86. The molecule has 0 saturated carbocycles. The molecule has 2 aromatic rings. The van der Waals surface area contributed by atoms with Gasteiger partial charge in [0.05, 0.1) is 18.8 Å². The van der Waals surface area contributed by atoms with Crippen molar-refractivity contribution in [2.45, 2.75) is 39.9 Å². The van der Waals surface area contributed by atoms with Crippen molar-refractivity contribution in [3.63, 3.8) is 0 Å². The van der Waals surface area contributed by atoms with Crippen molar-refractivity contribution in [1.29, 1.82) is 0 Å². The smallest absolute Gasteiger partial charge is 0.242 e. The largest absolute Gasteiger partial charge is 0.372 e. The number of morpholine rings is 1. The Morgan fingerprint density at radius 2 is 1.81 bits per heavy atom. The molecule has 3 rings (SSSR count). The summed E-state index contributed by atoms with van der Waals surface area (Å²) < 4.78 is 5.69. The van der Waals surface area contributed by atoms with E-state index in [0.29, 0.717) is 24.7 Å². The van der Waals surface area contributed by atoms with E-state index in [9.17, 15) is 4.79 Å². The lowest BCUT2D eigenvalue weighted by Crippen LogP contribution is -2.49. The van der Waals surface area contributed by atoms with Crippen LogP contribution in [-0.4, -0.2) is 52.6 Å². The molecule has 0 aliphatic carbocycles. The number of hydrogen-bond donors (Lipinski definition) is 1. The van der Waals surface area contributed by atoms with Gasteiger partial charge in [-0.3, -0.25) is 4.79 Å². The minimum absolute atomic E-state index is 0.0592. The van der Waals surface area contributed by atoms with Crippen LogP contribution in [0.5, 0.6) is 0 Å². The third-order valence-electron chi connectivity index (χ3n) is 4.60. The molecule has 138 valence electrons. The first-order valence-corrected chi connectivity index (χ1v) is 9.02. The van der Waals surface area contributed by atoms with Crippen LogP contribution >= 0.6 is 0 Å². The standard InChI is InChI=1S/C20H26N4O2/c1-13-11-24(12-14(2)26-13)18(25)10-21-19-15(3)16(4)22-20(23-19)17-8-6-5-7-9-17/h5-9,13-14H,10-12H2,1-4H3,(H,21,22,23). The zero-order chi connectivity index (χ0) is 18.7. The summed E-state index contributed by atoms with van der Waals surface area (Å²) in [6.07, 6.45) is 0.130. The Morgan fingerprint density at radius 3 is 2.46 bits per heavy atom. The molecule has 1 amide bonds. The Bertz CT molecular complexity index is 769. The first kappa shape index (κ1) is 18.3. The third-order valence-corrected chi connectivity index (χ3v) is 4.60. The Hall–Kier alpha value is -2.47. The van der Waals surface area contributed by atoms with Gasteiger partial charge in [-0.05, 0) is 27.7 Å². The predicted molar refractivity (Wildman–Crippen MR) is 102 cm³/mol. The second-order valence-electron chi connectivity index (χ2n) is 6.88. The topological polar surface area (TPSA) is 67.4 Å².